The van der Waals surface area contributed by atoms with E-state index in [4.69, 9.17) is 23.2 Å². The molecule has 7 nitrogen and oxygen atoms in total. The Morgan fingerprint density at radius 2 is 1.67 bits per heavy atom. The van der Waals surface area contributed by atoms with E-state index >= 15 is 0 Å². The van der Waals surface area contributed by atoms with E-state index in [2.05, 4.69) is 10.5 Å². The molecule has 0 radical (unpaired) electrons. The third-order valence-electron chi connectivity index (χ3n) is 6.20. The number of carbonyl (C=O) groups is 1. The number of fused-ring (bicyclic) bond motifs is 1. The molecule has 39 heavy (non-hydrogen) atoms. The molecule has 0 fully saturated rings. The van der Waals surface area contributed by atoms with Crippen molar-refractivity contribution in [3.05, 3.63) is 105 Å². The fourth-order valence-corrected chi connectivity index (χ4v) is 6.67. The van der Waals surface area contributed by atoms with Crippen molar-refractivity contribution in [2.45, 2.75) is 32.2 Å². The molecule has 0 saturated heterocycles. The third-order valence-corrected chi connectivity index (χ3v) is 9.03. The highest BCUT2D eigenvalue weighted by atomic mass is 35.5. The highest BCUT2D eigenvalue weighted by Crippen LogP contribution is 2.29. The van der Waals surface area contributed by atoms with Gasteiger partial charge in [0.15, 0.2) is 0 Å². The first-order chi connectivity index (χ1) is 18.5. The van der Waals surface area contributed by atoms with E-state index in [1.165, 1.54) is 6.21 Å². The van der Waals surface area contributed by atoms with Crippen molar-refractivity contribution in [1.82, 2.24) is 9.73 Å². The van der Waals surface area contributed by atoms with Crippen molar-refractivity contribution in [1.29, 1.82) is 0 Å². The summed E-state index contributed by atoms with van der Waals surface area (Å²) < 4.78 is 28.8. The summed E-state index contributed by atoms with van der Waals surface area (Å²) in [5.74, 6) is -0.655. The summed E-state index contributed by atoms with van der Waals surface area (Å²) >= 11 is 12.2. The van der Waals surface area contributed by atoms with Crippen LogP contribution in [0.4, 0.5) is 0 Å². The van der Waals surface area contributed by atoms with Gasteiger partial charge in [-0.2, -0.15) is 9.41 Å². The Morgan fingerprint density at radius 3 is 2.36 bits per heavy atom. The van der Waals surface area contributed by atoms with Crippen LogP contribution < -0.4 is 5.43 Å². The number of sulfonamides is 1. The van der Waals surface area contributed by atoms with Crippen LogP contribution in [0, 0.1) is 20.8 Å². The van der Waals surface area contributed by atoms with E-state index in [0.29, 0.717) is 27.3 Å². The zero-order valence-corrected chi connectivity index (χ0v) is 23.9. The van der Waals surface area contributed by atoms with Gasteiger partial charge in [-0.25, -0.2) is 13.8 Å². The molecule has 0 saturated carbocycles. The molecule has 0 heterocycles. The number of phenols is 1. The van der Waals surface area contributed by atoms with Gasteiger partial charge in [-0.3, -0.25) is 4.79 Å². The maximum Gasteiger partial charge on any atom is 0.255 e. The minimum atomic E-state index is -4.10. The second-order valence-corrected chi connectivity index (χ2v) is 12.0. The van der Waals surface area contributed by atoms with Gasteiger partial charge in [0.25, 0.3) is 5.91 Å². The van der Waals surface area contributed by atoms with Gasteiger partial charge in [0.05, 0.1) is 27.7 Å². The van der Waals surface area contributed by atoms with Crippen molar-refractivity contribution in [3.63, 3.8) is 0 Å². The summed E-state index contributed by atoms with van der Waals surface area (Å²) in [6.45, 7) is 4.72. The van der Waals surface area contributed by atoms with Gasteiger partial charge in [0.2, 0.25) is 10.0 Å². The van der Waals surface area contributed by atoms with Crippen LogP contribution in [0.15, 0.2) is 76.7 Å². The largest absolute Gasteiger partial charge is 0.507 e. The van der Waals surface area contributed by atoms with Gasteiger partial charge in [-0.15, -0.1) is 0 Å². The van der Waals surface area contributed by atoms with Crippen LogP contribution in [-0.2, 0) is 21.4 Å². The number of halogens is 2. The molecular formula is C29H27Cl2N3O4S. The van der Waals surface area contributed by atoms with Crippen molar-refractivity contribution in [2.24, 2.45) is 5.10 Å². The number of aromatic hydroxyl groups is 1. The number of benzene rings is 4. The van der Waals surface area contributed by atoms with Crippen LogP contribution in [0.5, 0.6) is 5.75 Å². The van der Waals surface area contributed by atoms with Crippen molar-refractivity contribution >= 4 is 56.1 Å². The first-order valence-corrected chi connectivity index (χ1v) is 14.2. The fraction of sp³-hybridized carbons (Fsp3) is 0.172. The topological polar surface area (TPSA) is 99.1 Å². The zero-order valence-electron chi connectivity index (χ0n) is 21.6. The highest BCUT2D eigenvalue weighted by Gasteiger charge is 2.30. The first kappa shape index (κ1) is 28.6. The summed E-state index contributed by atoms with van der Waals surface area (Å²) in [7, 11) is -4.10. The average Bonchev–Trinajstić information content (AvgIpc) is 2.86. The zero-order chi connectivity index (χ0) is 28.3. The smallest absolute Gasteiger partial charge is 0.255 e. The van der Waals surface area contributed by atoms with E-state index < -0.39 is 22.5 Å². The number of carbonyl (C=O) groups excluding carboxylic acids is 1. The lowest BCUT2D eigenvalue weighted by molar-refractivity contribution is -0.121. The number of nitrogens with zero attached hydrogens (tertiary/aromatic N) is 2. The number of amides is 1. The molecule has 0 aromatic heterocycles. The lowest BCUT2D eigenvalue weighted by atomic mass is 10.0. The number of hydrogen-bond donors (Lipinski definition) is 2. The summed E-state index contributed by atoms with van der Waals surface area (Å²) in [6, 6.07) is 19.1. The van der Waals surface area contributed by atoms with Crippen LogP contribution in [0.1, 0.15) is 27.8 Å². The van der Waals surface area contributed by atoms with Crippen LogP contribution >= 0.6 is 23.2 Å². The molecule has 0 spiro atoms. The number of rotatable bonds is 8. The molecule has 0 aliphatic carbocycles. The van der Waals surface area contributed by atoms with E-state index in [0.717, 1.165) is 20.6 Å². The quantitative estimate of drug-likeness (QED) is 0.193. The van der Waals surface area contributed by atoms with Crippen molar-refractivity contribution in [2.75, 3.05) is 6.54 Å². The average molecular weight is 585 g/mol. The molecule has 0 unspecified atom stereocenters. The van der Waals surface area contributed by atoms with E-state index in [1.807, 2.05) is 31.2 Å². The Kier molecular flexibility index (Phi) is 8.61. The lowest BCUT2D eigenvalue weighted by Gasteiger charge is -2.24. The summed E-state index contributed by atoms with van der Waals surface area (Å²) in [5, 5.41) is 16.6. The number of hydrogen-bond acceptors (Lipinski definition) is 5. The second-order valence-electron chi connectivity index (χ2n) is 9.26. The SMILES string of the molecule is Cc1cc(C)c(S(=O)(=O)N(CC(=O)N/N=C/c2c(O)ccc3ccccc23)Cc2ccc(Cl)c(Cl)c2)c(C)c1. The van der Waals surface area contributed by atoms with Crippen LogP contribution in [0.2, 0.25) is 10.0 Å². The molecule has 4 aromatic rings. The Labute approximate surface area is 237 Å². The molecule has 0 aliphatic rings. The summed E-state index contributed by atoms with van der Waals surface area (Å²) in [4.78, 5) is 13.1. The normalized spacial score (nSPS) is 11.9. The molecule has 4 rings (SSSR count). The number of hydrazone groups is 1. The number of aryl methyl sites for hydroxylation is 3. The van der Waals surface area contributed by atoms with Crippen LogP contribution in [0.25, 0.3) is 10.8 Å². The predicted molar refractivity (Wildman–Crippen MR) is 156 cm³/mol. The Bertz CT molecular complexity index is 1680. The molecule has 4 aromatic carbocycles. The van der Waals surface area contributed by atoms with Crippen molar-refractivity contribution in [3.8, 4) is 5.75 Å². The van der Waals surface area contributed by atoms with Gasteiger partial charge in [-0.1, -0.05) is 77.3 Å². The standard InChI is InChI=1S/C29H27Cl2N3O4S/c1-18-12-19(2)29(20(3)13-18)39(37,38)34(16-21-8-10-25(30)26(31)14-21)17-28(36)33-32-15-24-23-7-5-4-6-22(23)9-11-27(24)35/h4-15,35H,16-17H2,1-3H3,(H,33,36)/b32-15+. The second kappa shape index (κ2) is 11.8. The highest BCUT2D eigenvalue weighted by molar-refractivity contribution is 7.89. The molecule has 202 valence electrons. The Balaban J connectivity index is 1.63. The summed E-state index contributed by atoms with van der Waals surface area (Å²) in [5.41, 5.74) is 5.47. The minimum Gasteiger partial charge on any atom is -0.507 e. The molecule has 1 amide bonds. The Hall–Kier alpha value is -3.43. The molecule has 0 bridgehead atoms. The number of nitrogens with one attached hydrogen (secondary N) is 1. The van der Waals surface area contributed by atoms with Gasteiger partial charge in [0.1, 0.15) is 5.75 Å². The maximum atomic E-state index is 13.9. The molecule has 10 heteroatoms. The van der Waals surface area contributed by atoms with Gasteiger partial charge in [0, 0.05) is 12.1 Å². The van der Waals surface area contributed by atoms with Gasteiger partial charge < -0.3 is 5.11 Å². The van der Waals surface area contributed by atoms with Gasteiger partial charge >= 0.3 is 0 Å². The lowest BCUT2D eigenvalue weighted by Crippen LogP contribution is -2.39. The summed E-state index contributed by atoms with van der Waals surface area (Å²) in [6.07, 6.45) is 1.33. The van der Waals surface area contributed by atoms with E-state index in [1.54, 1.807) is 56.3 Å². The molecule has 2 N–H and O–H groups in total. The van der Waals surface area contributed by atoms with Crippen LogP contribution in [-0.4, -0.2) is 36.5 Å². The van der Waals surface area contributed by atoms with E-state index in [-0.39, 0.29) is 22.2 Å². The van der Waals surface area contributed by atoms with Gasteiger partial charge in [-0.05, 0) is 66.4 Å². The minimum absolute atomic E-state index is 0.000779. The Morgan fingerprint density at radius 1 is 0.974 bits per heavy atom. The molecular weight excluding hydrogens is 557 g/mol. The number of phenolic OH excluding ortho intramolecular Hbond substituents is 1. The predicted octanol–water partition coefficient (Wildman–Crippen LogP) is 6.12. The van der Waals surface area contributed by atoms with Crippen molar-refractivity contribution < 1.29 is 18.3 Å². The monoisotopic (exact) mass is 583 g/mol. The molecule has 0 aliphatic heterocycles. The van der Waals surface area contributed by atoms with Crippen LogP contribution in [0.3, 0.4) is 0 Å². The fourth-order valence-electron chi connectivity index (χ4n) is 4.55. The van der Waals surface area contributed by atoms with E-state index in [9.17, 15) is 18.3 Å². The first-order valence-electron chi connectivity index (χ1n) is 12.0. The third kappa shape index (κ3) is 6.42. The molecule has 0 atom stereocenters. The maximum absolute atomic E-state index is 13.9.